The maximum absolute atomic E-state index is 11.7. The Morgan fingerprint density at radius 3 is 3.06 bits per heavy atom. The van der Waals surface area contributed by atoms with Crippen LogP contribution < -0.4 is 5.73 Å². The largest absolute Gasteiger partial charge is 0.341 e. The number of thiophene rings is 1. The minimum absolute atomic E-state index is 0.188. The molecular weight excluding hydrogens is 240 g/mol. The highest BCUT2D eigenvalue weighted by Gasteiger charge is 2.08. The first-order chi connectivity index (χ1) is 7.74. The van der Waals surface area contributed by atoms with Gasteiger partial charge in [0, 0.05) is 13.6 Å². The second-order valence-corrected chi connectivity index (χ2v) is 5.46. The molecular formula is C11H18N2OS2. The fraction of sp³-hybridized carbons (Fsp3) is 0.545. The Morgan fingerprint density at radius 2 is 2.44 bits per heavy atom. The number of rotatable bonds is 7. The molecule has 0 spiro atoms. The van der Waals surface area contributed by atoms with Gasteiger partial charge < -0.3 is 10.6 Å². The summed E-state index contributed by atoms with van der Waals surface area (Å²) < 4.78 is 0. The minimum Gasteiger partial charge on any atom is -0.341 e. The second-order valence-electron chi connectivity index (χ2n) is 3.58. The van der Waals surface area contributed by atoms with Crippen molar-refractivity contribution in [3.8, 4) is 0 Å². The summed E-state index contributed by atoms with van der Waals surface area (Å²) in [5.74, 6) is 1.71. The van der Waals surface area contributed by atoms with Crippen molar-refractivity contribution in [2.75, 3.05) is 25.1 Å². The lowest BCUT2D eigenvalue weighted by atomic mass is 10.3. The van der Waals surface area contributed by atoms with Crippen LogP contribution in [0.25, 0.3) is 0 Å². The Kier molecular flexibility index (Phi) is 6.52. The molecule has 1 heterocycles. The number of nitrogens with two attached hydrogens (primary N) is 1. The minimum atomic E-state index is 0.188. The van der Waals surface area contributed by atoms with Gasteiger partial charge in [0.15, 0.2) is 0 Å². The summed E-state index contributed by atoms with van der Waals surface area (Å²) in [5.41, 5.74) is 6.59. The number of amides is 1. The zero-order valence-corrected chi connectivity index (χ0v) is 11.1. The Labute approximate surface area is 105 Å². The number of hydrogen-bond acceptors (Lipinski definition) is 4. The highest BCUT2D eigenvalue weighted by molar-refractivity contribution is 7.99. The van der Waals surface area contributed by atoms with Gasteiger partial charge in [-0.05, 0) is 41.1 Å². The van der Waals surface area contributed by atoms with Crippen LogP contribution in [0.1, 0.15) is 12.0 Å². The van der Waals surface area contributed by atoms with E-state index in [1.807, 2.05) is 12.4 Å². The molecule has 3 nitrogen and oxygen atoms in total. The fourth-order valence-electron chi connectivity index (χ4n) is 1.20. The monoisotopic (exact) mass is 258 g/mol. The lowest BCUT2D eigenvalue weighted by molar-refractivity contribution is -0.127. The molecule has 0 aliphatic rings. The molecule has 1 aromatic heterocycles. The molecule has 0 aromatic carbocycles. The summed E-state index contributed by atoms with van der Waals surface area (Å²) in [6.45, 7) is 1.41. The molecule has 0 aliphatic carbocycles. The zero-order chi connectivity index (χ0) is 11.8. The molecule has 90 valence electrons. The van der Waals surface area contributed by atoms with Crippen molar-refractivity contribution >= 4 is 29.0 Å². The van der Waals surface area contributed by atoms with Crippen molar-refractivity contribution in [3.63, 3.8) is 0 Å². The summed E-state index contributed by atoms with van der Waals surface area (Å²) in [6.07, 6.45) is 0.978. The third kappa shape index (κ3) is 5.01. The van der Waals surface area contributed by atoms with Crippen LogP contribution in [-0.4, -0.2) is 35.9 Å². The first-order valence-electron chi connectivity index (χ1n) is 5.27. The average Bonchev–Trinajstić information content (AvgIpc) is 2.76. The van der Waals surface area contributed by atoms with Gasteiger partial charge in [-0.1, -0.05) is 0 Å². The van der Waals surface area contributed by atoms with Crippen LogP contribution in [-0.2, 0) is 11.3 Å². The van der Waals surface area contributed by atoms with E-state index < -0.39 is 0 Å². The SMILES string of the molecule is CN(Cc1ccsc1)C(=O)CSCCCN. The van der Waals surface area contributed by atoms with Gasteiger partial charge in [0.05, 0.1) is 5.75 Å². The van der Waals surface area contributed by atoms with E-state index in [4.69, 9.17) is 5.73 Å². The second kappa shape index (κ2) is 7.70. The first kappa shape index (κ1) is 13.5. The topological polar surface area (TPSA) is 46.3 Å². The highest BCUT2D eigenvalue weighted by atomic mass is 32.2. The zero-order valence-electron chi connectivity index (χ0n) is 9.52. The van der Waals surface area contributed by atoms with E-state index in [-0.39, 0.29) is 5.91 Å². The quantitative estimate of drug-likeness (QED) is 0.758. The third-order valence-electron chi connectivity index (χ3n) is 2.14. The molecule has 0 bridgehead atoms. The van der Waals surface area contributed by atoms with Crippen LogP contribution in [0.3, 0.4) is 0 Å². The van der Waals surface area contributed by atoms with E-state index in [1.54, 1.807) is 28.0 Å². The van der Waals surface area contributed by atoms with Gasteiger partial charge in [-0.3, -0.25) is 4.79 Å². The number of nitrogens with zero attached hydrogens (tertiary/aromatic N) is 1. The van der Waals surface area contributed by atoms with Crippen molar-refractivity contribution in [2.24, 2.45) is 5.73 Å². The van der Waals surface area contributed by atoms with Crippen molar-refractivity contribution in [1.82, 2.24) is 4.90 Å². The lowest BCUT2D eigenvalue weighted by Crippen LogP contribution is -2.27. The van der Waals surface area contributed by atoms with Crippen molar-refractivity contribution in [1.29, 1.82) is 0 Å². The Hall–Kier alpha value is -0.520. The predicted molar refractivity (Wildman–Crippen MR) is 71.8 cm³/mol. The molecule has 2 N–H and O–H groups in total. The maximum atomic E-state index is 11.7. The number of thioether (sulfide) groups is 1. The van der Waals surface area contributed by atoms with E-state index in [9.17, 15) is 4.79 Å². The molecule has 0 saturated heterocycles. The van der Waals surface area contributed by atoms with Crippen LogP contribution in [0.2, 0.25) is 0 Å². The number of carbonyl (C=O) groups is 1. The maximum Gasteiger partial charge on any atom is 0.232 e. The molecule has 0 fully saturated rings. The Morgan fingerprint density at radius 1 is 1.62 bits per heavy atom. The van der Waals surface area contributed by atoms with Crippen LogP contribution in [0.5, 0.6) is 0 Å². The summed E-state index contributed by atoms with van der Waals surface area (Å²) in [6, 6.07) is 2.05. The molecule has 1 rings (SSSR count). The predicted octanol–water partition coefficient (Wildman–Crippen LogP) is 1.79. The molecule has 0 aliphatic heterocycles. The van der Waals surface area contributed by atoms with E-state index in [2.05, 4.69) is 11.4 Å². The molecule has 0 unspecified atom stereocenters. The lowest BCUT2D eigenvalue weighted by Gasteiger charge is -2.16. The molecule has 1 amide bonds. The molecule has 5 heteroatoms. The van der Waals surface area contributed by atoms with Crippen LogP contribution in [0, 0.1) is 0 Å². The normalized spacial score (nSPS) is 10.4. The van der Waals surface area contributed by atoms with E-state index >= 15 is 0 Å². The van der Waals surface area contributed by atoms with Crippen molar-refractivity contribution < 1.29 is 4.79 Å². The fourth-order valence-corrected chi connectivity index (χ4v) is 2.77. The summed E-state index contributed by atoms with van der Waals surface area (Å²) in [5, 5.41) is 4.11. The smallest absolute Gasteiger partial charge is 0.232 e. The first-order valence-corrected chi connectivity index (χ1v) is 7.36. The Bertz CT molecular complexity index is 301. The molecule has 0 radical (unpaired) electrons. The van der Waals surface area contributed by atoms with Crippen molar-refractivity contribution in [3.05, 3.63) is 22.4 Å². The summed E-state index contributed by atoms with van der Waals surface area (Å²) >= 11 is 3.32. The average molecular weight is 258 g/mol. The third-order valence-corrected chi connectivity index (χ3v) is 3.90. The molecule has 16 heavy (non-hydrogen) atoms. The molecule has 0 atom stereocenters. The number of carbonyl (C=O) groups excluding carboxylic acids is 1. The van der Waals surface area contributed by atoms with Gasteiger partial charge in [-0.15, -0.1) is 0 Å². The molecule has 1 aromatic rings. The highest BCUT2D eigenvalue weighted by Crippen LogP contribution is 2.10. The van der Waals surface area contributed by atoms with Crippen LogP contribution in [0.15, 0.2) is 16.8 Å². The van der Waals surface area contributed by atoms with Crippen LogP contribution in [0.4, 0.5) is 0 Å². The van der Waals surface area contributed by atoms with Gasteiger partial charge in [-0.25, -0.2) is 0 Å². The van der Waals surface area contributed by atoms with Crippen LogP contribution >= 0.6 is 23.1 Å². The standard InChI is InChI=1S/C11H18N2OS2/c1-13(7-10-3-6-16-8-10)11(14)9-15-5-2-4-12/h3,6,8H,2,4-5,7,9,12H2,1H3. The molecule has 0 saturated carbocycles. The number of hydrogen-bond donors (Lipinski definition) is 1. The van der Waals surface area contributed by atoms with Gasteiger partial charge in [-0.2, -0.15) is 23.1 Å². The van der Waals surface area contributed by atoms with Gasteiger partial charge in [0.2, 0.25) is 5.91 Å². The summed E-state index contributed by atoms with van der Waals surface area (Å²) in [4.78, 5) is 13.5. The van der Waals surface area contributed by atoms with Gasteiger partial charge in [0.1, 0.15) is 0 Å². The Balaban J connectivity index is 2.20. The van der Waals surface area contributed by atoms with Gasteiger partial charge >= 0.3 is 0 Å². The van der Waals surface area contributed by atoms with Gasteiger partial charge in [0.25, 0.3) is 0 Å². The van der Waals surface area contributed by atoms with E-state index in [1.165, 1.54) is 5.56 Å². The van der Waals surface area contributed by atoms with E-state index in [0.717, 1.165) is 12.2 Å². The van der Waals surface area contributed by atoms with E-state index in [0.29, 0.717) is 18.8 Å². The van der Waals surface area contributed by atoms with Crippen molar-refractivity contribution in [2.45, 2.75) is 13.0 Å². The summed E-state index contributed by atoms with van der Waals surface area (Å²) in [7, 11) is 1.85.